The van der Waals surface area contributed by atoms with Gasteiger partial charge in [-0.2, -0.15) is 0 Å². The fourth-order valence-corrected chi connectivity index (χ4v) is 0.762. The molecule has 1 rings (SSSR count). The summed E-state index contributed by atoms with van der Waals surface area (Å²) in [6.07, 6.45) is 2.79. The van der Waals surface area contributed by atoms with Crippen LogP contribution in [0.25, 0.3) is 5.73 Å². The van der Waals surface area contributed by atoms with E-state index in [0.29, 0.717) is 0 Å². The molecule has 0 unspecified atom stereocenters. The Kier molecular flexibility index (Phi) is 3.07. The van der Waals surface area contributed by atoms with Crippen molar-refractivity contribution in [3.05, 3.63) is 5.73 Å². The predicted octanol–water partition coefficient (Wildman–Crippen LogP) is -2.04. The Morgan fingerprint density at radius 3 is 2.00 bits per heavy atom. The maximum absolute atomic E-state index is 9.03. The third kappa shape index (κ3) is 1.50. The maximum Gasteiger partial charge on any atom is 1.00 e. The zero-order valence-electron chi connectivity index (χ0n) is 5.28. The molecule has 2 nitrogen and oxygen atoms in total. The van der Waals surface area contributed by atoms with Crippen molar-refractivity contribution in [2.75, 3.05) is 6.54 Å². The second kappa shape index (κ2) is 2.89. The van der Waals surface area contributed by atoms with Crippen LogP contribution in [0.4, 0.5) is 0 Å². The minimum absolute atomic E-state index is 0. The monoisotopic (exact) mass is 107 g/mol. The van der Waals surface area contributed by atoms with Crippen LogP contribution in [0.1, 0.15) is 19.3 Å². The van der Waals surface area contributed by atoms with Crippen LogP contribution in [0, 0.1) is 0 Å². The maximum atomic E-state index is 9.03. The quantitative estimate of drug-likeness (QED) is 0.385. The third-order valence-corrected chi connectivity index (χ3v) is 1.61. The fraction of sp³-hybridized carbons (Fsp3) is 1.00. The first-order valence-electron chi connectivity index (χ1n) is 2.64. The van der Waals surface area contributed by atoms with E-state index < -0.39 is 5.60 Å². The topological polar surface area (TPSA) is 44.0 Å². The number of hydrogen-bond acceptors (Lipinski definition) is 1. The Bertz CT molecular complexity index is 67.3. The molecule has 2 N–H and O–H groups in total. The van der Waals surface area contributed by atoms with Gasteiger partial charge in [0.25, 0.3) is 0 Å². The van der Waals surface area contributed by atoms with Gasteiger partial charge in [-0.15, -0.1) is 6.54 Å². The van der Waals surface area contributed by atoms with E-state index in [1.807, 2.05) is 0 Å². The molecule has 0 spiro atoms. The van der Waals surface area contributed by atoms with Gasteiger partial charge >= 0.3 is 18.9 Å². The number of rotatable bonds is 1. The van der Waals surface area contributed by atoms with Crippen molar-refractivity contribution in [3.63, 3.8) is 0 Å². The van der Waals surface area contributed by atoms with Gasteiger partial charge in [0.15, 0.2) is 0 Å². The van der Waals surface area contributed by atoms with Gasteiger partial charge in [0.2, 0.25) is 0 Å². The van der Waals surface area contributed by atoms with Gasteiger partial charge in [-0.05, 0) is 19.3 Å². The van der Waals surface area contributed by atoms with Crippen LogP contribution in [0.3, 0.4) is 0 Å². The molecule has 1 saturated carbocycles. The molecule has 1 aliphatic rings. The van der Waals surface area contributed by atoms with Gasteiger partial charge in [-0.25, -0.2) is 0 Å². The van der Waals surface area contributed by atoms with Crippen molar-refractivity contribution in [1.29, 1.82) is 0 Å². The van der Waals surface area contributed by atoms with Crippen LogP contribution in [-0.2, 0) is 0 Å². The van der Waals surface area contributed by atoms with Crippen LogP contribution in [0.5, 0.6) is 0 Å². The van der Waals surface area contributed by atoms with Gasteiger partial charge in [0.05, 0.1) is 0 Å². The van der Waals surface area contributed by atoms with Crippen molar-refractivity contribution >= 4 is 0 Å². The smallest absolute Gasteiger partial charge is 0.675 e. The summed E-state index contributed by atoms with van der Waals surface area (Å²) in [4.78, 5) is 0. The Morgan fingerprint density at radius 2 is 2.00 bits per heavy atom. The van der Waals surface area contributed by atoms with Crippen LogP contribution >= 0.6 is 0 Å². The average molecular weight is 107 g/mol. The van der Waals surface area contributed by atoms with Crippen LogP contribution in [0.2, 0.25) is 0 Å². The van der Waals surface area contributed by atoms with Gasteiger partial charge in [-0.1, -0.05) is 0 Å². The van der Waals surface area contributed by atoms with Crippen molar-refractivity contribution in [2.45, 2.75) is 24.9 Å². The van der Waals surface area contributed by atoms with Gasteiger partial charge in [0.1, 0.15) is 0 Å². The normalized spacial score (nSPS) is 23.2. The average Bonchev–Trinajstić information content (AvgIpc) is 1.61. The molecule has 0 aliphatic heterocycles. The molecule has 0 aromatic heterocycles. The summed E-state index contributed by atoms with van der Waals surface area (Å²) in [5.74, 6) is 0. The molecule has 0 radical (unpaired) electrons. The molecule has 1 aliphatic carbocycles. The van der Waals surface area contributed by atoms with E-state index in [9.17, 15) is 0 Å². The molecule has 0 aromatic carbocycles. The number of nitrogens with one attached hydrogen (secondary N) is 1. The van der Waals surface area contributed by atoms with Crippen molar-refractivity contribution < 1.29 is 24.0 Å². The van der Waals surface area contributed by atoms with Crippen LogP contribution in [-0.4, -0.2) is 17.3 Å². The molecule has 0 bridgehead atoms. The molecular formula is C5H10LiNO. The molecule has 0 amide bonds. The summed E-state index contributed by atoms with van der Waals surface area (Å²) in [5, 5.41) is 9.03. The second-order valence-corrected chi connectivity index (χ2v) is 2.25. The number of aliphatic hydroxyl groups is 1. The first-order valence-corrected chi connectivity index (χ1v) is 2.64. The predicted molar refractivity (Wildman–Crippen MR) is 28.0 cm³/mol. The van der Waals surface area contributed by atoms with E-state index in [-0.39, 0.29) is 25.4 Å². The summed E-state index contributed by atoms with van der Waals surface area (Å²) in [6, 6.07) is 0. The van der Waals surface area contributed by atoms with Gasteiger partial charge in [0, 0.05) is 5.60 Å². The van der Waals surface area contributed by atoms with E-state index >= 15 is 0 Å². The molecule has 3 heteroatoms. The van der Waals surface area contributed by atoms with Crippen LogP contribution < -0.4 is 18.9 Å². The van der Waals surface area contributed by atoms with Crippen molar-refractivity contribution in [3.8, 4) is 0 Å². The summed E-state index contributed by atoms with van der Waals surface area (Å²) in [5.41, 5.74) is 6.24. The Labute approximate surface area is 61.6 Å². The van der Waals surface area contributed by atoms with Crippen molar-refractivity contribution in [2.24, 2.45) is 0 Å². The van der Waals surface area contributed by atoms with E-state index in [1.54, 1.807) is 0 Å². The molecule has 0 heterocycles. The second-order valence-electron chi connectivity index (χ2n) is 2.25. The van der Waals surface area contributed by atoms with Crippen LogP contribution in [0.15, 0.2) is 0 Å². The fourth-order valence-electron chi connectivity index (χ4n) is 0.762. The molecule has 0 saturated heterocycles. The van der Waals surface area contributed by atoms with E-state index in [0.717, 1.165) is 19.3 Å². The number of hydrogen-bond donors (Lipinski definition) is 1. The Hall–Kier alpha value is 0.517. The Balaban J connectivity index is 0.000000490. The summed E-state index contributed by atoms with van der Waals surface area (Å²) >= 11 is 0. The molecule has 1 fully saturated rings. The first kappa shape index (κ1) is 8.52. The molecular weight excluding hydrogens is 97.0 g/mol. The molecule has 0 atom stereocenters. The van der Waals surface area contributed by atoms with E-state index in [1.165, 1.54) is 0 Å². The summed E-state index contributed by atoms with van der Waals surface area (Å²) in [7, 11) is 0. The van der Waals surface area contributed by atoms with E-state index in [4.69, 9.17) is 10.8 Å². The van der Waals surface area contributed by atoms with Gasteiger partial charge in [-0.3, -0.25) is 0 Å². The molecule has 0 aromatic rings. The Morgan fingerprint density at radius 1 is 1.50 bits per heavy atom. The molecule has 8 heavy (non-hydrogen) atoms. The minimum Gasteiger partial charge on any atom is -0.675 e. The van der Waals surface area contributed by atoms with Gasteiger partial charge < -0.3 is 10.8 Å². The zero-order valence-corrected chi connectivity index (χ0v) is 5.28. The third-order valence-electron chi connectivity index (χ3n) is 1.61. The first-order chi connectivity index (χ1) is 3.27. The minimum atomic E-state index is -0.569. The van der Waals surface area contributed by atoms with Crippen molar-refractivity contribution in [1.82, 2.24) is 0 Å². The zero-order chi connectivity index (χ0) is 5.33. The largest absolute Gasteiger partial charge is 1.00 e. The molecule has 42 valence electrons. The summed E-state index contributed by atoms with van der Waals surface area (Å²) in [6.45, 7) is 0.188. The van der Waals surface area contributed by atoms with E-state index in [2.05, 4.69) is 0 Å². The summed E-state index contributed by atoms with van der Waals surface area (Å²) < 4.78 is 0. The SMILES string of the molecule is [Li+].[NH-]CC1(O)CCC1. The standard InChI is InChI=1S/C5H10NO.Li/c6-4-5(7)2-1-3-5;/h6-7H,1-4H2;/q-1;+1.